The van der Waals surface area contributed by atoms with Crippen LogP contribution in [0.2, 0.25) is 0 Å². The minimum Gasteiger partial charge on any atom is -0.395 e. The highest BCUT2D eigenvalue weighted by atomic mass is 35.5. The van der Waals surface area contributed by atoms with Crippen LogP contribution < -0.4 is 11.5 Å². The summed E-state index contributed by atoms with van der Waals surface area (Å²) in [5.41, 5.74) is 10.1. The van der Waals surface area contributed by atoms with Gasteiger partial charge in [-0.15, -0.1) is 24.8 Å². The van der Waals surface area contributed by atoms with Gasteiger partial charge in [0.15, 0.2) is 5.78 Å². The second-order valence-electron chi connectivity index (χ2n) is 1.93. The quantitative estimate of drug-likeness (QED) is 0.537. The summed E-state index contributed by atoms with van der Waals surface area (Å²) < 4.78 is 0. The highest BCUT2D eigenvalue weighted by Crippen LogP contribution is 2.02. The molecule has 68 valence electrons. The Morgan fingerprint density at radius 2 is 1.25 bits per heavy atom. The number of nitrogens with two attached hydrogens (primary N) is 2. The molecule has 0 aromatic rings. The number of halogens is 2. The fourth-order valence-corrected chi connectivity index (χ4v) is 0.646. The second-order valence-corrected chi connectivity index (χ2v) is 1.93. The predicted molar refractivity (Wildman–Crippen MR) is 49.1 cm³/mol. The molecule has 0 saturated heterocycles. The Hall–Kier alpha value is -1.00. The van der Waals surface area contributed by atoms with Gasteiger partial charge in [0.25, 0.3) is 0 Å². The van der Waals surface area contributed by atoms with Crippen LogP contribution in [0.5, 0.6) is 0 Å². The van der Waals surface area contributed by atoms with Crippen molar-refractivity contribution in [2.75, 3.05) is 0 Å². The van der Waals surface area contributed by atoms with E-state index in [1.54, 1.807) is 0 Å². The molecule has 0 aromatic heterocycles. The Morgan fingerprint density at radius 3 is 1.58 bits per heavy atom. The number of ketones is 2. The smallest absolute Gasteiger partial charge is 0.224 e. The molecule has 1 rings (SSSR count). The minimum absolute atomic E-state index is 0. The molecule has 6 heteroatoms. The normalized spacial score (nSPS) is 15.3. The van der Waals surface area contributed by atoms with Gasteiger partial charge in [-0.2, -0.15) is 0 Å². The lowest BCUT2D eigenvalue weighted by atomic mass is 10.1. The molecule has 0 fully saturated rings. The van der Waals surface area contributed by atoms with Gasteiger partial charge in [-0.3, -0.25) is 9.59 Å². The minimum atomic E-state index is -0.473. The molecular weight excluding hydrogens is 203 g/mol. The van der Waals surface area contributed by atoms with Crippen molar-refractivity contribution in [1.29, 1.82) is 0 Å². The highest BCUT2D eigenvalue weighted by Gasteiger charge is 2.15. The van der Waals surface area contributed by atoms with Gasteiger partial charge in [-0.25, -0.2) is 0 Å². The maximum Gasteiger partial charge on any atom is 0.224 e. The monoisotopic (exact) mass is 210 g/mol. The van der Waals surface area contributed by atoms with Crippen molar-refractivity contribution in [1.82, 2.24) is 0 Å². The van der Waals surface area contributed by atoms with E-state index in [-0.39, 0.29) is 42.0 Å². The van der Waals surface area contributed by atoms with Gasteiger partial charge >= 0.3 is 0 Å². The lowest BCUT2D eigenvalue weighted by Gasteiger charge is -2.03. The Morgan fingerprint density at radius 1 is 0.917 bits per heavy atom. The molecule has 0 amide bonds. The Balaban J connectivity index is 0. The fourth-order valence-electron chi connectivity index (χ4n) is 0.646. The standard InChI is InChI=1S/C6H6N2O2.2ClH/c7-4-1-3(9)2-5(8)6(4)10;;/h1-2H,7-8H2;2*1H. The SMILES string of the molecule is Cl.Cl.NC1=CC(=O)C=C(N)C1=O. The van der Waals surface area contributed by atoms with E-state index in [1.807, 2.05) is 0 Å². The van der Waals surface area contributed by atoms with Crippen molar-refractivity contribution in [3.05, 3.63) is 23.5 Å². The maximum absolute atomic E-state index is 10.7. The summed E-state index contributed by atoms with van der Waals surface area (Å²) in [7, 11) is 0. The summed E-state index contributed by atoms with van der Waals surface area (Å²) in [6.07, 6.45) is 2.11. The summed E-state index contributed by atoms with van der Waals surface area (Å²) in [5, 5.41) is 0. The fraction of sp³-hybridized carbons (Fsp3) is 0. The number of rotatable bonds is 0. The molecule has 0 bridgehead atoms. The molecule has 1 aliphatic carbocycles. The van der Waals surface area contributed by atoms with Gasteiger partial charge in [0.2, 0.25) is 5.78 Å². The zero-order valence-corrected chi connectivity index (χ0v) is 7.58. The van der Waals surface area contributed by atoms with E-state index in [4.69, 9.17) is 11.5 Å². The predicted octanol–water partition coefficient (Wildman–Crippen LogP) is -0.333. The van der Waals surface area contributed by atoms with Gasteiger partial charge in [0.1, 0.15) is 0 Å². The van der Waals surface area contributed by atoms with E-state index < -0.39 is 5.78 Å². The van der Waals surface area contributed by atoms with Crippen molar-refractivity contribution < 1.29 is 9.59 Å². The lowest BCUT2D eigenvalue weighted by molar-refractivity contribution is -0.115. The Kier molecular flexibility index (Phi) is 5.42. The average molecular weight is 211 g/mol. The van der Waals surface area contributed by atoms with Gasteiger partial charge < -0.3 is 11.5 Å². The molecule has 0 heterocycles. The first-order valence-electron chi connectivity index (χ1n) is 2.64. The van der Waals surface area contributed by atoms with Crippen LogP contribution in [0.4, 0.5) is 0 Å². The first kappa shape index (κ1) is 13.6. The van der Waals surface area contributed by atoms with Crippen LogP contribution in [0.1, 0.15) is 0 Å². The first-order chi connectivity index (χ1) is 4.61. The number of carbonyl (C=O) groups excluding carboxylic acids is 2. The Bertz CT molecular complexity index is 247. The van der Waals surface area contributed by atoms with Gasteiger partial charge in [0, 0.05) is 12.2 Å². The summed E-state index contributed by atoms with van der Waals surface area (Å²) >= 11 is 0. The number of Topliss-reactive ketones (excluding diaryl/α,β-unsaturated/α-hetero) is 1. The van der Waals surface area contributed by atoms with Crippen molar-refractivity contribution in [2.24, 2.45) is 11.5 Å². The van der Waals surface area contributed by atoms with Crippen LogP contribution in [0, 0.1) is 0 Å². The largest absolute Gasteiger partial charge is 0.395 e. The summed E-state index contributed by atoms with van der Waals surface area (Å²) in [5.74, 6) is -0.811. The molecule has 0 saturated carbocycles. The van der Waals surface area contributed by atoms with Crippen molar-refractivity contribution in [3.63, 3.8) is 0 Å². The molecule has 12 heavy (non-hydrogen) atoms. The highest BCUT2D eigenvalue weighted by molar-refractivity contribution is 6.19. The second kappa shape index (κ2) is 4.79. The van der Waals surface area contributed by atoms with Crippen molar-refractivity contribution in [2.45, 2.75) is 0 Å². The van der Waals surface area contributed by atoms with Crippen LogP contribution in [0.15, 0.2) is 23.5 Å². The van der Waals surface area contributed by atoms with Gasteiger partial charge in [-0.1, -0.05) is 0 Å². The Labute approximate surface area is 81.5 Å². The van der Waals surface area contributed by atoms with Crippen molar-refractivity contribution >= 4 is 36.4 Å². The van der Waals surface area contributed by atoms with Gasteiger partial charge in [0.05, 0.1) is 11.4 Å². The molecule has 0 aromatic carbocycles. The summed E-state index contributed by atoms with van der Waals surface area (Å²) in [6, 6.07) is 0. The van der Waals surface area contributed by atoms with Gasteiger partial charge in [-0.05, 0) is 0 Å². The van der Waals surface area contributed by atoms with Crippen LogP contribution in [0.3, 0.4) is 0 Å². The van der Waals surface area contributed by atoms with Crippen LogP contribution >= 0.6 is 24.8 Å². The third kappa shape index (κ3) is 2.56. The number of hydrogen-bond donors (Lipinski definition) is 2. The third-order valence-corrected chi connectivity index (χ3v) is 1.12. The summed E-state index contributed by atoms with van der Waals surface area (Å²) in [4.78, 5) is 21.3. The molecule has 1 aliphatic rings. The molecule has 4 N–H and O–H groups in total. The molecular formula is C6H8Cl2N2O2. The van der Waals surface area contributed by atoms with E-state index in [9.17, 15) is 9.59 Å². The molecule has 4 nitrogen and oxygen atoms in total. The lowest BCUT2D eigenvalue weighted by Crippen LogP contribution is -2.24. The third-order valence-electron chi connectivity index (χ3n) is 1.12. The summed E-state index contributed by atoms with van der Waals surface area (Å²) in [6.45, 7) is 0. The zero-order valence-electron chi connectivity index (χ0n) is 5.94. The topological polar surface area (TPSA) is 86.2 Å². The molecule has 0 radical (unpaired) electrons. The van der Waals surface area contributed by atoms with E-state index in [0.717, 1.165) is 12.2 Å². The van der Waals surface area contributed by atoms with E-state index in [1.165, 1.54) is 0 Å². The molecule has 0 spiro atoms. The number of hydrogen-bond acceptors (Lipinski definition) is 4. The first-order valence-corrected chi connectivity index (χ1v) is 2.64. The van der Waals surface area contributed by atoms with Crippen molar-refractivity contribution in [3.8, 4) is 0 Å². The van der Waals surface area contributed by atoms with E-state index in [0.29, 0.717) is 0 Å². The molecule has 0 atom stereocenters. The van der Waals surface area contributed by atoms with Crippen LogP contribution in [-0.4, -0.2) is 11.6 Å². The van der Waals surface area contributed by atoms with Crippen LogP contribution in [0.25, 0.3) is 0 Å². The number of carbonyl (C=O) groups is 2. The van der Waals surface area contributed by atoms with E-state index in [2.05, 4.69) is 0 Å². The molecule has 0 unspecified atom stereocenters. The average Bonchev–Trinajstić information content (AvgIpc) is 1.82. The zero-order chi connectivity index (χ0) is 7.72. The number of allylic oxidation sites excluding steroid dienone is 2. The van der Waals surface area contributed by atoms with Crippen LogP contribution in [-0.2, 0) is 9.59 Å². The van der Waals surface area contributed by atoms with E-state index >= 15 is 0 Å². The molecule has 0 aliphatic heterocycles. The maximum atomic E-state index is 10.7.